The van der Waals surface area contributed by atoms with Crippen LogP contribution in [0.4, 0.5) is 4.79 Å². The lowest BCUT2D eigenvalue weighted by Crippen LogP contribution is -2.48. The summed E-state index contributed by atoms with van der Waals surface area (Å²) in [6.07, 6.45) is 5.72. The first-order chi connectivity index (χ1) is 11.8. The van der Waals surface area contributed by atoms with Crippen molar-refractivity contribution in [3.63, 3.8) is 0 Å². The van der Waals surface area contributed by atoms with Gasteiger partial charge in [0.2, 0.25) is 0 Å². The van der Waals surface area contributed by atoms with E-state index in [1.54, 1.807) is 6.92 Å². The lowest BCUT2D eigenvalue weighted by atomic mass is 9.86. The molecule has 0 spiro atoms. The molecule has 1 fully saturated rings. The summed E-state index contributed by atoms with van der Waals surface area (Å²) in [5, 5.41) is 4.03. The summed E-state index contributed by atoms with van der Waals surface area (Å²) in [5.41, 5.74) is 1.15. The van der Waals surface area contributed by atoms with E-state index in [4.69, 9.17) is 0 Å². The van der Waals surface area contributed by atoms with E-state index in [1.807, 2.05) is 23.1 Å². The summed E-state index contributed by atoms with van der Waals surface area (Å²) < 4.78 is 22.4. The number of nitrogens with zero attached hydrogens (tertiary/aromatic N) is 1. The van der Waals surface area contributed by atoms with Crippen LogP contribution in [0.1, 0.15) is 44.7 Å². The van der Waals surface area contributed by atoms with Crippen LogP contribution in [0.3, 0.4) is 0 Å². The number of nitrogens with one attached hydrogen (secondary N) is 1. The molecule has 1 aliphatic rings. The maximum absolute atomic E-state index is 12.7. The molecule has 2 amide bonds. The average Bonchev–Trinajstić information content (AvgIpc) is 2.59. The van der Waals surface area contributed by atoms with E-state index in [9.17, 15) is 13.2 Å². The van der Waals surface area contributed by atoms with Crippen LogP contribution in [0.2, 0.25) is 0 Å². The topological polar surface area (TPSA) is 66.5 Å². The Kier molecular flexibility index (Phi) is 6.64. The summed E-state index contributed by atoms with van der Waals surface area (Å²) in [6.45, 7) is 4.68. The molecule has 3 atom stereocenters. The van der Waals surface area contributed by atoms with Crippen molar-refractivity contribution in [1.82, 2.24) is 10.2 Å². The third-order valence-corrected chi connectivity index (χ3v) is 5.35. The molecule has 0 aliphatic carbocycles. The quantitative estimate of drug-likeness (QED) is 0.869. The molecule has 0 bridgehead atoms. The van der Waals surface area contributed by atoms with Gasteiger partial charge in [-0.2, -0.15) is 0 Å². The Morgan fingerprint density at radius 3 is 2.64 bits per heavy atom. The molecule has 0 aromatic heterocycles. The van der Waals surface area contributed by atoms with Gasteiger partial charge >= 0.3 is 6.03 Å². The summed E-state index contributed by atoms with van der Waals surface area (Å²) >= 11 is 0. The molecule has 1 aromatic rings. The van der Waals surface area contributed by atoms with E-state index in [-0.39, 0.29) is 18.1 Å². The fourth-order valence-corrected chi connectivity index (χ4v) is 3.75. The third-order valence-electron chi connectivity index (χ3n) is 4.70. The van der Waals surface area contributed by atoms with Crippen molar-refractivity contribution in [2.45, 2.75) is 45.2 Å². The predicted octanol–water partition coefficient (Wildman–Crippen LogP) is 3.51. The van der Waals surface area contributed by atoms with Crippen LogP contribution in [-0.2, 0) is 9.84 Å². The summed E-state index contributed by atoms with van der Waals surface area (Å²) in [4.78, 5) is 14.6. The van der Waals surface area contributed by atoms with Crippen molar-refractivity contribution >= 4 is 15.9 Å². The van der Waals surface area contributed by atoms with Crippen LogP contribution in [0, 0.1) is 5.92 Å². The van der Waals surface area contributed by atoms with Gasteiger partial charge in [-0.15, -0.1) is 0 Å². The molecule has 1 saturated heterocycles. The molecule has 1 aliphatic heterocycles. The standard InChI is InChI=1S/C19H28N2O3S/c1-4-16-10-12-21(18(14-16)17-8-6-5-7-9-17)19(22)20-15(2)11-13-25(3,23)24/h5-9,11,13,15-16,18H,4,10,12,14H2,1-3H3,(H,20,22)/b13-11+/t15-,16-,18+/m0/s1. The van der Waals surface area contributed by atoms with Crippen LogP contribution < -0.4 is 5.32 Å². The molecule has 25 heavy (non-hydrogen) atoms. The van der Waals surface area contributed by atoms with Gasteiger partial charge in [0.25, 0.3) is 0 Å². The first kappa shape index (κ1) is 19.5. The Morgan fingerprint density at radius 1 is 1.36 bits per heavy atom. The van der Waals surface area contributed by atoms with Crippen LogP contribution in [0.5, 0.6) is 0 Å². The van der Waals surface area contributed by atoms with E-state index in [0.29, 0.717) is 12.5 Å². The number of hydrogen-bond donors (Lipinski definition) is 1. The highest BCUT2D eigenvalue weighted by atomic mass is 32.2. The minimum atomic E-state index is -3.19. The van der Waals surface area contributed by atoms with Crippen molar-refractivity contribution in [1.29, 1.82) is 0 Å². The van der Waals surface area contributed by atoms with E-state index >= 15 is 0 Å². The molecule has 6 heteroatoms. The molecule has 138 valence electrons. The lowest BCUT2D eigenvalue weighted by Gasteiger charge is -2.40. The van der Waals surface area contributed by atoms with E-state index in [1.165, 1.54) is 6.08 Å². The van der Waals surface area contributed by atoms with E-state index in [2.05, 4.69) is 24.4 Å². The molecule has 0 saturated carbocycles. The summed E-state index contributed by atoms with van der Waals surface area (Å²) in [6, 6.07) is 9.68. The Morgan fingerprint density at radius 2 is 2.04 bits per heavy atom. The zero-order chi connectivity index (χ0) is 18.4. The van der Waals surface area contributed by atoms with Crippen molar-refractivity contribution in [2.24, 2.45) is 5.92 Å². The lowest BCUT2D eigenvalue weighted by molar-refractivity contribution is 0.125. The number of piperidine rings is 1. The SMILES string of the molecule is CC[C@H]1CCN(C(=O)N[C@@H](C)/C=C/S(C)(=O)=O)[C@@H](c2ccccc2)C1. The van der Waals surface area contributed by atoms with Gasteiger partial charge in [0.1, 0.15) is 0 Å². The van der Waals surface area contributed by atoms with Crippen molar-refractivity contribution in [3.05, 3.63) is 47.4 Å². The number of urea groups is 1. The van der Waals surface area contributed by atoms with Crippen LogP contribution in [0.15, 0.2) is 41.8 Å². The van der Waals surface area contributed by atoms with Gasteiger partial charge in [0.15, 0.2) is 9.84 Å². The van der Waals surface area contributed by atoms with Crippen molar-refractivity contribution in [2.75, 3.05) is 12.8 Å². The fourth-order valence-electron chi connectivity index (χ4n) is 3.23. The Balaban J connectivity index is 2.11. The van der Waals surface area contributed by atoms with Crippen molar-refractivity contribution < 1.29 is 13.2 Å². The number of rotatable bonds is 5. The molecule has 0 unspecified atom stereocenters. The summed E-state index contributed by atoms with van der Waals surface area (Å²) in [7, 11) is -3.19. The molecule has 1 N–H and O–H groups in total. The van der Waals surface area contributed by atoms with Gasteiger partial charge in [0, 0.05) is 24.3 Å². The number of hydrogen-bond acceptors (Lipinski definition) is 3. The van der Waals surface area contributed by atoms with Gasteiger partial charge in [-0.05, 0) is 31.2 Å². The van der Waals surface area contributed by atoms with Crippen LogP contribution in [-0.4, -0.2) is 38.2 Å². The smallest absolute Gasteiger partial charge is 0.318 e. The average molecular weight is 365 g/mol. The highest BCUT2D eigenvalue weighted by Gasteiger charge is 2.32. The van der Waals surface area contributed by atoms with Gasteiger partial charge in [-0.25, -0.2) is 13.2 Å². The molecular formula is C19H28N2O3S. The molecule has 1 aromatic carbocycles. The van der Waals surface area contributed by atoms with Crippen LogP contribution >= 0.6 is 0 Å². The summed E-state index contributed by atoms with van der Waals surface area (Å²) in [5.74, 6) is 0.622. The first-order valence-corrected chi connectivity index (χ1v) is 10.8. The second kappa shape index (κ2) is 8.52. The third kappa shape index (κ3) is 5.88. The zero-order valence-corrected chi connectivity index (χ0v) is 16.0. The Bertz CT molecular complexity index is 701. The van der Waals surface area contributed by atoms with Crippen molar-refractivity contribution in [3.8, 4) is 0 Å². The van der Waals surface area contributed by atoms with Gasteiger partial charge in [0.05, 0.1) is 6.04 Å². The fraction of sp³-hybridized carbons (Fsp3) is 0.526. The number of carbonyl (C=O) groups excluding carboxylic acids is 1. The van der Waals surface area contributed by atoms with Gasteiger partial charge < -0.3 is 10.2 Å². The Labute approximate surface area is 151 Å². The normalized spacial score (nSPS) is 22.8. The van der Waals surface area contributed by atoms with E-state index in [0.717, 1.165) is 36.5 Å². The molecule has 1 heterocycles. The predicted molar refractivity (Wildman–Crippen MR) is 101 cm³/mol. The number of benzene rings is 1. The van der Waals surface area contributed by atoms with Crippen LogP contribution in [0.25, 0.3) is 0 Å². The number of carbonyl (C=O) groups is 1. The minimum Gasteiger partial charge on any atom is -0.332 e. The number of amides is 2. The minimum absolute atomic E-state index is 0.0611. The Hall–Kier alpha value is -1.82. The highest BCUT2D eigenvalue weighted by molar-refractivity contribution is 7.93. The molecule has 0 radical (unpaired) electrons. The first-order valence-electron chi connectivity index (χ1n) is 8.80. The molecule has 5 nitrogen and oxygen atoms in total. The number of likely N-dealkylation sites (tertiary alicyclic amines) is 1. The second-order valence-corrected chi connectivity index (χ2v) is 8.75. The molecule has 2 rings (SSSR count). The van der Waals surface area contributed by atoms with Gasteiger partial charge in [-0.3, -0.25) is 0 Å². The van der Waals surface area contributed by atoms with E-state index < -0.39 is 9.84 Å². The molecular weight excluding hydrogens is 336 g/mol. The number of sulfone groups is 1. The monoisotopic (exact) mass is 364 g/mol. The second-order valence-electron chi connectivity index (χ2n) is 6.81. The zero-order valence-electron chi connectivity index (χ0n) is 15.2. The maximum Gasteiger partial charge on any atom is 0.318 e. The highest BCUT2D eigenvalue weighted by Crippen LogP contribution is 2.35. The largest absolute Gasteiger partial charge is 0.332 e. The van der Waals surface area contributed by atoms with Gasteiger partial charge in [-0.1, -0.05) is 49.8 Å². The maximum atomic E-state index is 12.7.